The van der Waals surface area contributed by atoms with Gasteiger partial charge in [-0.2, -0.15) is 0 Å². The molecular formula is C32H51N3O2S. The number of carbonyl (C=O) groups excluding carboxylic acids is 1. The maximum atomic E-state index is 13.5. The van der Waals surface area contributed by atoms with Crippen LogP contribution in [-0.2, 0) is 28.4 Å². The molecule has 2 N–H and O–H groups in total. The van der Waals surface area contributed by atoms with Gasteiger partial charge < -0.3 is 9.88 Å². The molecule has 1 aliphatic rings. The van der Waals surface area contributed by atoms with Crippen molar-refractivity contribution in [2.24, 2.45) is 5.92 Å². The molecule has 1 fully saturated rings. The van der Waals surface area contributed by atoms with E-state index in [1.54, 1.807) is 6.26 Å². The molecule has 0 aliphatic heterocycles. The van der Waals surface area contributed by atoms with Crippen molar-refractivity contribution in [1.82, 2.24) is 14.6 Å². The summed E-state index contributed by atoms with van der Waals surface area (Å²) in [5, 5.41) is 3.10. The van der Waals surface area contributed by atoms with E-state index >= 15 is 0 Å². The fourth-order valence-electron chi connectivity index (χ4n) is 5.44. The first-order chi connectivity index (χ1) is 17.5. The highest BCUT2D eigenvalue weighted by Gasteiger charge is 2.27. The van der Waals surface area contributed by atoms with Gasteiger partial charge in [0, 0.05) is 36.3 Å². The van der Waals surface area contributed by atoms with E-state index in [1.165, 1.54) is 48.8 Å². The van der Waals surface area contributed by atoms with E-state index < -0.39 is 16.5 Å². The van der Waals surface area contributed by atoms with E-state index in [2.05, 4.69) is 87.3 Å². The van der Waals surface area contributed by atoms with Crippen molar-refractivity contribution < 1.29 is 9.00 Å². The van der Waals surface area contributed by atoms with Crippen molar-refractivity contribution in [2.45, 2.75) is 117 Å². The number of carbonyl (C=O) groups is 1. The van der Waals surface area contributed by atoms with Crippen LogP contribution in [0.25, 0.3) is 11.3 Å². The minimum atomic E-state index is -1.15. The molecule has 0 bridgehead atoms. The first-order valence-corrected chi connectivity index (χ1v) is 15.8. The zero-order valence-corrected chi connectivity index (χ0v) is 26.3. The molecule has 1 aliphatic carbocycles. The van der Waals surface area contributed by atoms with Crippen molar-refractivity contribution in [3.05, 3.63) is 46.6 Å². The second-order valence-electron chi connectivity index (χ2n) is 14.1. The van der Waals surface area contributed by atoms with Crippen molar-refractivity contribution >= 4 is 16.9 Å². The number of hydrogen-bond acceptors (Lipinski definition) is 2. The third-order valence-corrected chi connectivity index (χ3v) is 8.69. The number of amides is 1. The highest BCUT2D eigenvalue weighted by Crippen LogP contribution is 2.37. The summed E-state index contributed by atoms with van der Waals surface area (Å²) in [5.41, 5.74) is 6.25. The van der Waals surface area contributed by atoms with Crippen LogP contribution in [0, 0.1) is 12.8 Å². The Balaban J connectivity index is 2.09. The maximum Gasteiger partial charge on any atom is 0.253 e. The van der Waals surface area contributed by atoms with E-state index in [1.807, 2.05) is 13.8 Å². The molecule has 0 saturated heterocycles. The predicted octanol–water partition coefficient (Wildman–Crippen LogP) is 7.03. The molecule has 1 saturated carbocycles. The molecule has 1 heterocycles. The normalized spacial score (nSPS) is 16.5. The molecule has 212 valence electrons. The van der Waals surface area contributed by atoms with Crippen LogP contribution in [0.5, 0.6) is 0 Å². The van der Waals surface area contributed by atoms with Crippen molar-refractivity contribution in [3.8, 4) is 11.3 Å². The average molecular weight is 542 g/mol. The minimum absolute atomic E-state index is 0.0179. The highest BCUT2D eigenvalue weighted by atomic mass is 32.2. The van der Waals surface area contributed by atoms with E-state index in [4.69, 9.17) is 0 Å². The van der Waals surface area contributed by atoms with Gasteiger partial charge in [-0.3, -0.25) is 4.79 Å². The first-order valence-electron chi connectivity index (χ1n) is 14.2. The lowest BCUT2D eigenvalue weighted by molar-refractivity contribution is 0.0944. The van der Waals surface area contributed by atoms with Crippen LogP contribution in [0.4, 0.5) is 0 Å². The standard InChI is InChI=1S/C32H51N3O2S/c1-22-27(29(36)33-21-32(8,9)34-38(10)37)19-28(35(22)20-23-14-12-11-13-15-23)24-16-25(30(2,3)4)18-26(17-24)31(5,6)7/h16-19,23,34H,11-15,20-21H2,1-10H3,(H,33,36). The molecular weight excluding hydrogens is 490 g/mol. The lowest BCUT2D eigenvalue weighted by Gasteiger charge is -2.27. The number of rotatable bonds is 8. The molecule has 5 nitrogen and oxygen atoms in total. The molecule has 3 rings (SSSR count). The molecule has 0 radical (unpaired) electrons. The van der Waals surface area contributed by atoms with E-state index in [9.17, 15) is 9.00 Å². The van der Waals surface area contributed by atoms with E-state index in [0.717, 1.165) is 23.5 Å². The van der Waals surface area contributed by atoms with Crippen LogP contribution in [-0.4, -0.2) is 33.0 Å². The SMILES string of the molecule is Cc1c(C(=O)NCC(C)(C)NS(C)=O)cc(-c2cc(C(C)(C)C)cc(C(C)(C)C)c2)n1CC1CCCCC1. The Labute approximate surface area is 234 Å². The molecule has 1 aromatic carbocycles. The Kier molecular flexibility index (Phi) is 9.41. The van der Waals surface area contributed by atoms with Crippen LogP contribution in [0.2, 0.25) is 0 Å². The monoisotopic (exact) mass is 541 g/mol. The fourth-order valence-corrected chi connectivity index (χ4v) is 6.29. The molecule has 6 heteroatoms. The number of aromatic nitrogens is 1. The second kappa shape index (κ2) is 11.7. The Morgan fingerprint density at radius 2 is 1.47 bits per heavy atom. The number of nitrogens with zero attached hydrogens (tertiary/aromatic N) is 1. The molecule has 2 aromatic rings. The molecule has 1 aromatic heterocycles. The van der Waals surface area contributed by atoms with Gasteiger partial charge in [0.1, 0.15) is 0 Å². The second-order valence-corrected chi connectivity index (χ2v) is 15.2. The van der Waals surface area contributed by atoms with Gasteiger partial charge in [0.15, 0.2) is 0 Å². The summed E-state index contributed by atoms with van der Waals surface area (Å²) in [6.07, 6.45) is 8.04. The first kappa shape index (κ1) is 30.6. The van der Waals surface area contributed by atoms with Crippen molar-refractivity contribution in [2.75, 3.05) is 12.8 Å². The van der Waals surface area contributed by atoms with Gasteiger partial charge in [-0.1, -0.05) is 66.9 Å². The summed E-state index contributed by atoms with van der Waals surface area (Å²) in [5.74, 6) is 0.561. The molecule has 1 amide bonds. The summed E-state index contributed by atoms with van der Waals surface area (Å²) >= 11 is 0. The van der Waals surface area contributed by atoms with Crippen LogP contribution < -0.4 is 10.0 Å². The minimum Gasteiger partial charge on any atom is -0.350 e. The number of benzene rings is 1. The van der Waals surface area contributed by atoms with Gasteiger partial charge in [0.25, 0.3) is 5.91 Å². The lowest BCUT2D eigenvalue weighted by atomic mass is 9.79. The zero-order valence-electron chi connectivity index (χ0n) is 25.5. The maximum absolute atomic E-state index is 13.5. The van der Waals surface area contributed by atoms with Gasteiger partial charge in [-0.05, 0) is 85.3 Å². The fraction of sp³-hybridized carbons (Fsp3) is 0.656. The summed E-state index contributed by atoms with van der Waals surface area (Å²) in [4.78, 5) is 13.5. The van der Waals surface area contributed by atoms with Gasteiger partial charge >= 0.3 is 0 Å². The predicted molar refractivity (Wildman–Crippen MR) is 162 cm³/mol. The summed E-state index contributed by atoms with van der Waals surface area (Å²) in [6, 6.07) is 9.10. The Hall–Kier alpha value is -1.92. The molecule has 1 unspecified atom stereocenters. The average Bonchev–Trinajstić information content (AvgIpc) is 3.12. The topological polar surface area (TPSA) is 63.1 Å². The van der Waals surface area contributed by atoms with Crippen molar-refractivity contribution in [1.29, 1.82) is 0 Å². The van der Waals surface area contributed by atoms with Crippen molar-refractivity contribution in [3.63, 3.8) is 0 Å². The Bertz CT molecular complexity index is 1130. The summed E-state index contributed by atoms with van der Waals surface area (Å²) < 4.78 is 17.1. The third-order valence-electron chi connectivity index (χ3n) is 7.85. The lowest BCUT2D eigenvalue weighted by Crippen LogP contribution is -2.49. The quantitative estimate of drug-likeness (QED) is 0.377. The van der Waals surface area contributed by atoms with Gasteiger partial charge in [0.2, 0.25) is 0 Å². The Morgan fingerprint density at radius 3 is 1.97 bits per heavy atom. The third kappa shape index (κ3) is 7.81. The van der Waals surface area contributed by atoms with E-state index in [0.29, 0.717) is 12.5 Å². The van der Waals surface area contributed by atoms with Gasteiger partial charge in [-0.15, -0.1) is 0 Å². The van der Waals surface area contributed by atoms with Gasteiger partial charge in [0.05, 0.1) is 16.5 Å². The number of nitrogens with one attached hydrogen (secondary N) is 2. The van der Waals surface area contributed by atoms with Crippen LogP contribution in [0.15, 0.2) is 24.3 Å². The van der Waals surface area contributed by atoms with Crippen LogP contribution in [0.1, 0.15) is 115 Å². The largest absolute Gasteiger partial charge is 0.350 e. The van der Waals surface area contributed by atoms with Gasteiger partial charge in [-0.25, -0.2) is 8.93 Å². The molecule has 1 atom stereocenters. The smallest absolute Gasteiger partial charge is 0.253 e. The number of hydrogen-bond donors (Lipinski definition) is 2. The Morgan fingerprint density at radius 1 is 0.921 bits per heavy atom. The molecule has 38 heavy (non-hydrogen) atoms. The van der Waals surface area contributed by atoms with Crippen LogP contribution >= 0.6 is 0 Å². The zero-order chi connectivity index (χ0) is 28.5. The summed E-state index contributed by atoms with van der Waals surface area (Å²) in [6.45, 7) is 20.9. The van der Waals surface area contributed by atoms with E-state index in [-0.39, 0.29) is 16.7 Å². The molecule has 0 spiro atoms. The summed E-state index contributed by atoms with van der Waals surface area (Å²) in [7, 11) is -1.15. The highest BCUT2D eigenvalue weighted by molar-refractivity contribution is 7.82. The van der Waals surface area contributed by atoms with Crippen LogP contribution in [0.3, 0.4) is 0 Å².